The van der Waals surface area contributed by atoms with Gasteiger partial charge in [0.2, 0.25) is 0 Å². The van der Waals surface area contributed by atoms with Gasteiger partial charge in [0.05, 0.1) is 12.2 Å². The third kappa shape index (κ3) is 1.67. The maximum Gasteiger partial charge on any atom is 0.111 e. The van der Waals surface area contributed by atoms with Gasteiger partial charge in [0, 0.05) is 13.1 Å². The summed E-state index contributed by atoms with van der Waals surface area (Å²) in [5.41, 5.74) is 0. The average molecular weight is 126 g/mol. The van der Waals surface area contributed by atoms with E-state index in [9.17, 15) is 0 Å². The van der Waals surface area contributed by atoms with E-state index in [0.717, 1.165) is 6.54 Å². The first-order chi connectivity index (χ1) is 4.24. The number of nitriles is 1. The van der Waals surface area contributed by atoms with Crippen molar-refractivity contribution >= 4 is 0 Å². The van der Waals surface area contributed by atoms with Crippen molar-refractivity contribution in [3.63, 3.8) is 0 Å². The SMILES string of the molecule is CC(O)CN1CC1C#N. The Labute approximate surface area is 54.5 Å². The van der Waals surface area contributed by atoms with Crippen LogP contribution in [0, 0.1) is 11.3 Å². The van der Waals surface area contributed by atoms with Gasteiger partial charge < -0.3 is 5.11 Å². The lowest BCUT2D eigenvalue weighted by atomic mass is 10.4. The highest BCUT2D eigenvalue weighted by molar-refractivity contribution is 5.05. The number of aliphatic hydroxyl groups excluding tert-OH is 1. The highest BCUT2D eigenvalue weighted by Gasteiger charge is 2.33. The number of hydrogen-bond donors (Lipinski definition) is 1. The molecule has 0 spiro atoms. The molecule has 50 valence electrons. The lowest BCUT2D eigenvalue weighted by molar-refractivity contribution is 0.171. The Morgan fingerprint density at radius 3 is 3.00 bits per heavy atom. The molecular weight excluding hydrogens is 116 g/mol. The van der Waals surface area contributed by atoms with Crippen molar-refractivity contribution in [3.8, 4) is 6.07 Å². The van der Waals surface area contributed by atoms with Crippen molar-refractivity contribution in [2.75, 3.05) is 13.1 Å². The number of hydrogen-bond acceptors (Lipinski definition) is 3. The average Bonchev–Trinajstić information content (AvgIpc) is 2.45. The van der Waals surface area contributed by atoms with Gasteiger partial charge in [-0.2, -0.15) is 5.26 Å². The predicted octanol–water partition coefficient (Wildman–Crippen LogP) is -0.425. The Morgan fingerprint density at radius 2 is 2.67 bits per heavy atom. The van der Waals surface area contributed by atoms with E-state index < -0.39 is 0 Å². The van der Waals surface area contributed by atoms with Gasteiger partial charge in [-0.25, -0.2) is 0 Å². The molecule has 1 rings (SSSR count). The zero-order chi connectivity index (χ0) is 6.85. The van der Waals surface area contributed by atoms with Gasteiger partial charge in [-0.05, 0) is 6.92 Å². The second kappa shape index (κ2) is 2.34. The summed E-state index contributed by atoms with van der Waals surface area (Å²) in [5.74, 6) is 0. The van der Waals surface area contributed by atoms with Gasteiger partial charge in [0.25, 0.3) is 0 Å². The molecule has 3 nitrogen and oxygen atoms in total. The normalized spacial score (nSPS) is 35.2. The molecule has 0 aromatic rings. The molecule has 1 saturated heterocycles. The van der Waals surface area contributed by atoms with Crippen LogP contribution in [0.3, 0.4) is 0 Å². The maximum atomic E-state index is 8.82. The number of aliphatic hydroxyl groups is 1. The maximum absolute atomic E-state index is 8.82. The molecule has 0 bridgehead atoms. The lowest BCUT2D eigenvalue weighted by Crippen LogP contribution is -2.16. The van der Waals surface area contributed by atoms with Gasteiger partial charge in [-0.15, -0.1) is 0 Å². The van der Waals surface area contributed by atoms with E-state index in [1.54, 1.807) is 6.92 Å². The Balaban J connectivity index is 2.14. The summed E-state index contributed by atoms with van der Waals surface area (Å²) in [6.45, 7) is 3.20. The van der Waals surface area contributed by atoms with Crippen molar-refractivity contribution in [2.45, 2.75) is 19.1 Å². The zero-order valence-electron chi connectivity index (χ0n) is 5.41. The highest BCUT2D eigenvalue weighted by atomic mass is 16.3. The van der Waals surface area contributed by atoms with Crippen LogP contribution in [0.25, 0.3) is 0 Å². The van der Waals surface area contributed by atoms with Crippen molar-refractivity contribution in [1.82, 2.24) is 4.90 Å². The van der Waals surface area contributed by atoms with Gasteiger partial charge in [-0.1, -0.05) is 0 Å². The zero-order valence-corrected chi connectivity index (χ0v) is 5.41. The monoisotopic (exact) mass is 126 g/mol. The summed E-state index contributed by atoms with van der Waals surface area (Å²) < 4.78 is 0. The van der Waals surface area contributed by atoms with Crippen LogP contribution in [0.2, 0.25) is 0 Å². The fourth-order valence-corrected chi connectivity index (χ4v) is 0.839. The minimum atomic E-state index is -0.302. The van der Waals surface area contributed by atoms with E-state index in [4.69, 9.17) is 10.4 Å². The quantitative estimate of drug-likeness (QED) is 0.511. The summed E-state index contributed by atoms with van der Waals surface area (Å²) in [4.78, 5) is 1.94. The summed E-state index contributed by atoms with van der Waals surface area (Å²) >= 11 is 0. The van der Waals surface area contributed by atoms with E-state index in [-0.39, 0.29) is 12.1 Å². The fourth-order valence-electron chi connectivity index (χ4n) is 0.839. The van der Waals surface area contributed by atoms with Gasteiger partial charge in [0.15, 0.2) is 0 Å². The summed E-state index contributed by atoms with van der Waals surface area (Å²) in [5, 5.41) is 17.1. The van der Waals surface area contributed by atoms with E-state index in [2.05, 4.69) is 6.07 Å². The van der Waals surface area contributed by atoms with E-state index in [1.807, 2.05) is 4.90 Å². The van der Waals surface area contributed by atoms with Crippen molar-refractivity contribution in [1.29, 1.82) is 5.26 Å². The molecule has 1 N–H and O–H groups in total. The molecule has 0 saturated carbocycles. The van der Waals surface area contributed by atoms with E-state index >= 15 is 0 Å². The van der Waals surface area contributed by atoms with Gasteiger partial charge in [0.1, 0.15) is 6.04 Å². The van der Waals surface area contributed by atoms with Crippen molar-refractivity contribution in [2.24, 2.45) is 0 Å². The van der Waals surface area contributed by atoms with Crippen LogP contribution in [0.1, 0.15) is 6.92 Å². The van der Waals surface area contributed by atoms with Gasteiger partial charge >= 0.3 is 0 Å². The molecule has 1 aliphatic heterocycles. The third-order valence-electron chi connectivity index (χ3n) is 1.36. The molecular formula is C6H10N2O. The molecule has 0 aromatic heterocycles. The lowest BCUT2D eigenvalue weighted by Gasteiger charge is -2.01. The van der Waals surface area contributed by atoms with Crippen LogP contribution in [0.4, 0.5) is 0 Å². The minimum absolute atomic E-state index is 0.0830. The van der Waals surface area contributed by atoms with Crippen LogP contribution in [0.15, 0.2) is 0 Å². The van der Waals surface area contributed by atoms with Crippen LogP contribution in [-0.2, 0) is 0 Å². The Kier molecular flexibility index (Phi) is 1.70. The summed E-state index contributed by atoms with van der Waals surface area (Å²) in [6, 6.07) is 2.19. The number of nitrogens with zero attached hydrogens (tertiary/aromatic N) is 2. The second-order valence-corrected chi connectivity index (χ2v) is 2.45. The number of β-amino-alcohol motifs (C(OH)–C–C–N with tert-alkyl or cyclic N) is 1. The fraction of sp³-hybridized carbons (Fsp3) is 0.833. The van der Waals surface area contributed by atoms with Crippen LogP contribution in [0.5, 0.6) is 0 Å². The molecule has 1 fully saturated rings. The van der Waals surface area contributed by atoms with E-state index in [1.165, 1.54) is 0 Å². The van der Waals surface area contributed by atoms with Crippen molar-refractivity contribution < 1.29 is 5.11 Å². The molecule has 0 radical (unpaired) electrons. The smallest absolute Gasteiger partial charge is 0.111 e. The molecule has 0 aliphatic carbocycles. The second-order valence-electron chi connectivity index (χ2n) is 2.45. The third-order valence-corrected chi connectivity index (χ3v) is 1.36. The molecule has 1 heterocycles. The molecule has 3 atom stereocenters. The minimum Gasteiger partial charge on any atom is -0.392 e. The Morgan fingerprint density at radius 1 is 2.00 bits per heavy atom. The molecule has 9 heavy (non-hydrogen) atoms. The Bertz CT molecular complexity index is 138. The van der Waals surface area contributed by atoms with Crippen molar-refractivity contribution in [3.05, 3.63) is 0 Å². The van der Waals surface area contributed by atoms with Crippen LogP contribution >= 0.6 is 0 Å². The van der Waals surface area contributed by atoms with Crippen LogP contribution < -0.4 is 0 Å². The van der Waals surface area contributed by atoms with Gasteiger partial charge in [-0.3, -0.25) is 4.90 Å². The first-order valence-electron chi connectivity index (χ1n) is 3.05. The first kappa shape index (κ1) is 6.53. The predicted molar refractivity (Wildman–Crippen MR) is 32.7 cm³/mol. The molecule has 1 aliphatic rings. The van der Waals surface area contributed by atoms with E-state index in [0.29, 0.717) is 6.54 Å². The summed E-state index contributed by atoms with van der Waals surface area (Å²) in [6.07, 6.45) is -0.302. The highest BCUT2D eigenvalue weighted by Crippen LogP contribution is 2.15. The van der Waals surface area contributed by atoms with Crippen LogP contribution in [-0.4, -0.2) is 35.2 Å². The molecule has 0 aromatic carbocycles. The molecule has 3 unspecified atom stereocenters. The standard InChI is InChI=1S/C6H10N2O/c1-5(9)3-8-4-6(8)2-7/h5-6,9H,3-4H2,1H3. The largest absolute Gasteiger partial charge is 0.392 e. The molecule has 0 amide bonds. The summed E-state index contributed by atoms with van der Waals surface area (Å²) in [7, 11) is 0. The topological polar surface area (TPSA) is 47.0 Å². The number of rotatable bonds is 2. The first-order valence-corrected chi connectivity index (χ1v) is 3.05. The Hall–Kier alpha value is -0.590. The molecule has 3 heteroatoms.